The van der Waals surface area contributed by atoms with Gasteiger partial charge in [0, 0.05) is 5.56 Å². The van der Waals surface area contributed by atoms with E-state index in [0.717, 1.165) is 0 Å². The summed E-state index contributed by atoms with van der Waals surface area (Å²) >= 11 is 0. The monoisotopic (exact) mass is 253 g/mol. The molecule has 2 nitrogen and oxygen atoms in total. The van der Waals surface area contributed by atoms with Crippen LogP contribution in [0.4, 0.5) is 18.9 Å². The summed E-state index contributed by atoms with van der Waals surface area (Å²) in [6.07, 6.45) is 0. The van der Waals surface area contributed by atoms with Crippen LogP contribution in [0.2, 0.25) is 0 Å². The molecule has 0 fully saturated rings. The number of alkyl halides is 2. The van der Waals surface area contributed by atoms with Gasteiger partial charge in [-0.3, -0.25) is 0 Å². The molecule has 0 spiro atoms. The summed E-state index contributed by atoms with van der Waals surface area (Å²) in [6, 6.07) is 10.3. The first-order valence-electron chi connectivity index (χ1n) is 5.17. The average Bonchev–Trinajstić information content (AvgIpc) is 2.32. The van der Waals surface area contributed by atoms with Crippen molar-refractivity contribution in [3.05, 3.63) is 48.3 Å². The summed E-state index contributed by atoms with van der Waals surface area (Å²) in [5.41, 5.74) is 6.48. The molecule has 0 saturated heterocycles. The second-order valence-electron chi connectivity index (χ2n) is 3.61. The zero-order valence-corrected chi connectivity index (χ0v) is 9.24. The minimum Gasteiger partial charge on any atom is -0.433 e. The van der Waals surface area contributed by atoms with E-state index in [1.807, 2.05) is 0 Å². The molecular weight excluding hydrogens is 243 g/mol. The summed E-state index contributed by atoms with van der Waals surface area (Å²) in [5, 5.41) is 0. The van der Waals surface area contributed by atoms with Crippen LogP contribution >= 0.6 is 0 Å². The first-order chi connectivity index (χ1) is 8.58. The highest BCUT2D eigenvalue weighted by Crippen LogP contribution is 2.30. The summed E-state index contributed by atoms with van der Waals surface area (Å²) in [6.45, 7) is -2.94. The van der Waals surface area contributed by atoms with E-state index in [1.54, 1.807) is 18.2 Å². The lowest BCUT2D eigenvalue weighted by Crippen LogP contribution is -2.04. The van der Waals surface area contributed by atoms with Gasteiger partial charge in [-0.2, -0.15) is 8.78 Å². The summed E-state index contributed by atoms with van der Waals surface area (Å²) in [7, 11) is 0. The molecule has 0 aromatic heterocycles. The standard InChI is InChI=1S/C13H10F3NO/c14-10-4-2-1-3-9(10)8-5-6-12(11(17)7-8)18-13(15)16/h1-7,13H,17H2. The van der Waals surface area contributed by atoms with Gasteiger partial charge in [-0.25, -0.2) is 4.39 Å². The maximum atomic E-state index is 13.5. The van der Waals surface area contributed by atoms with E-state index in [0.29, 0.717) is 11.1 Å². The highest BCUT2D eigenvalue weighted by Gasteiger charge is 2.10. The van der Waals surface area contributed by atoms with Crippen LogP contribution < -0.4 is 10.5 Å². The van der Waals surface area contributed by atoms with Crippen LogP contribution in [0.3, 0.4) is 0 Å². The van der Waals surface area contributed by atoms with Crippen LogP contribution in [0.5, 0.6) is 5.75 Å². The molecule has 0 radical (unpaired) electrons. The molecule has 2 N–H and O–H groups in total. The van der Waals surface area contributed by atoms with Gasteiger partial charge in [-0.15, -0.1) is 0 Å². The van der Waals surface area contributed by atoms with E-state index in [-0.39, 0.29) is 11.4 Å². The maximum absolute atomic E-state index is 13.5. The number of halogens is 3. The Morgan fingerprint density at radius 3 is 2.39 bits per heavy atom. The minimum absolute atomic E-state index is 0.0380. The van der Waals surface area contributed by atoms with Gasteiger partial charge in [0.15, 0.2) is 0 Å². The van der Waals surface area contributed by atoms with Crippen molar-refractivity contribution < 1.29 is 17.9 Å². The van der Waals surface area contributed by atoms with Gasteiger partial charge < -0.3 is 10.5 Å². The lowest BCUT2D eigenvalue weighted by molar-refractivity contribution is -0.0493. The number of hydrogen-bond donors (Lipinski definition) is 1. The third-order valence-corrected chi connectivity index (χ3v) is 2.41. The number of anilines is 1. The summed E-state index contributed by atoms with van der Waals surface area (Å²) in [4.78, 5) is 0. The minimum atomic E-state index is -2.94. The Hall–Kier alpha value is -2.17. The zero-order valence-electron chi connectivity index (χ0n) is 9.24. The zero-order chi connectivity index (χ0) is 13.1. The average molecular weight is 253 g/mol. The van der Waals surface area contributed by atoms with Crippen molar-refractivity contribution in [2.24, 2.45) is 0 Å². The van der Waals surface area contributed by atoms with Crippen molar-refractivity contribution in [3.63, 3.8) is 0 Å². The third kappa shape index (κ3) is 2.56. The molecule has 2 aromatic carbocycles. The van der Waals surface area contributed by atoms with Crippen LogP contribution in [-0.4, -0.2) is 6.61 Å². The predicted molar refractivity (Wildman–Crippen MR) is 62.9 cm³/mol. The summed E-state index contributed by atoms with van der Waals surface area (Å²) in [5.74, 6) is -0.524. The number of rotatable bonds is 3. The molecule has 2 aromatic rings. The van der Waals surface area contributed by atoms with Crippen molar-refractivity contribution in [3.8, 4) is 16.9 Å². The fourth-order valence-electron chi connectivity index (χ4n) is 1.61. The first kappa shape index (κ1) is 12.3. The van der Waals surface area contributed by atoms with E-state index >= 15 is 0 Å². The number of ether oxygens (including phenoxy) is 1. The van der Waals surface area contributed by atoms with Gasteiger partial charge in [-0.1, -0.05) is 24.3 Å². The van der Waals surface area contributed by atoms with Gasteiger partial charge in [0.25, 0.3) is 0 Å². The molecule has 18 heavy (non-hydrogen) atoms. The molecule has 0 aliphatic heterocycles. The van der Waals surface area contributed by atoms with Crippen LogP contribution in [0, 0.1) is 5.82 Å². The SMILES string of the molecule is Nc1cc(-c2ccccc2F)ccc1OC(F)F. The van der Waals surface area contributed by atoms with Crippen LogP contribution in [-0.2, 0) is 0 Å². The Balaban J connectivity index is 2.38. The number of benzene rings is 2. The van der Waals surface area contributed by atoms with Gasteiger partial charge in [0.2, 0.25) is 0 Å². The molecule has 0 aliphatic carbocycles. The highest BCUT2D eigenvalue weighted by atomic mass is 19.3. The Kier molecular flexibility index (Phi) is 3.41. The number of nitrogens with two attached hydrogens (primary N) is 1. The van der Waals surface area contributed by atoms with E-state index in [4.69, 9.17) is 5.73 Å². The van der Waals surface area contributed by atoms with Crippen molar-refractivity contribution in [1.29, 1.82) is 0 Å². The highest BCUT2D eigenvalue weighted by molar-refractivity contribution is 5.71. The Labute approximate surface area is 102 Å². The molecule has 0 unspecified atom stereocenters. The molecular formula is C13H10F3NO. The normalized spacial score (nSPS) is 10.7. The fraction of sp³-hybridized carbons (Fsp3) is 0.0769. The molecule has 0 bridgehead atoms. The maximum Gasteiger partial charge on any atom is 0.387 e. The Morgan fingerprint density at radius 2 is 1.78 bits per heavy atom. The van der Waals surface area contributed by atoms with Gasteiger partial charge in [0.1, 0.15) is 11.6 Å². The molecule has 0 heterocycles. The second-order valence-corrected chi connectivity index (χ2v) is 3.61. The van der Waals surface area contributed by atoms with Crippen molar-refractivity contribution in [2.45, 2.75) is 6.61 Å². The Bertz CT molecular complexity index is 558. The lowest BCUT2D eigenvalue weighted by Gasteiger charge is -2.10. The van der Waals surface area contributed by atoms with Crippen molar-refractivity contribution in [1.82, 2.24) is 0 Å². The van der Waals surface area contributed by atoms with Crippen molar-refractivity contribution >= 4 is 5.69 Å². The molecule has 2 rings (SSSR count). The van der Waals surface area contributed by atoms with Crippen LogP contribution in [0.15, 0.2) is 42.5 Å². The van der Waals surface area contributed by atoms with Gasteiger partial charge in [-0.05, 0) is 23.8 Å². The molecule has 5 heteroatoms. The van der Waals surface area contributed by atoms with Crippen LogP contribution in [0.1, 0.15) is 0 Å². The van der Waals surface area contributed by atoms with Crippen molar-refractivity contribution in [2.75, 3.05) is 5.73 Å². The summed E-state index contributed by atoms with van der Waals surface area (Å²) < 4.78 is 41.8. The predicted octanol–water partition coefficient (Wildman–Crippen LogP) is 3.68. The second kappa shape index (κ2) is 5.00. The molecule has 0 amide bonds. The number of hydrogen-bond acceptors (Lipinski definition) is 2. The van der Waals surface area contributed by atoms with Crippen LogP contribution in [0.25, 0.3) is 11.1 Å². The van der Waals surface area contributed by atoms with E-state index in [9.17, 15) is 13.2 Å². The molecule has 0 atom stereocenters. The smallest absolute Gasteiger partial charge is 0.387 e. The first-order valence-corrected chi connectivity index (χ1v) is 5.17. The van der Waals surface area contributed by atoms with E-state index in [1.165, 1.54) is 24.3 Å². The lowest BCUT2D eigenvalue weighted by atomic mass is 10.0. The molecule has 0 saturated carbocycles. The molecule has 0 aliphatic rings. The van der Waals surface area contributed by atoms with Gasteiger partial charge in [0.05, 0.1) is 5.69 Å². The van der Waals surface area contributed by atoms with Gasteiger partial charge >= 0.3 is 6.61 Å². The largest absolute Gasteiger partial charge is 0.433 e. The van der Waals surface area contributed by atoms with E-state index < -0.39 is 12.4 Å². The topological polar surface area (TPSA) is 35.2 Å². The number of nitrogen functional groups attached to an aromatic ring is 1. The molecule has 94 valence electrons. The third-order valence-electron chi connectivity index (χ3n) is 2.41. The quantitative estimate of drug-likeness (QED) is 0.847. The fourth-order valence-corrected chi connectivity index (χ4v) is 1.61. The van der Waals surface area contributed by atoms with E-state index in [2.05, 4.69) is 4.74 Å². The Morgan fingerprint density at radius 1 is 1.06 bits per heavy atom.